The number of nitrogens with one attached hydrogen (secondary N) is 1. The van der Waals surface area contributed by atoms with Crippen molar-refractivity contribution in [3.63, 3.8) is 0 Å². The van der Waals surface area contributed by atoms with Crippen LogP contribution in [0.5, 0.6) is 5.75 Å². The smallest absolute Gasteiger partial charge is 0.126 e. The normalized spacial score (nSPS) is 19.6. The van der Waals surface area contributed by atoms with Crippen molar-refractivity contribution < 1.29 is 5.11 Å². The second-order valence-electron chi connectivity index (χ2n) is 6.88. The van der Waals surface area contributed by atoms with Crippen LogP contribution in [0.1, 0.15) is 40.9 Å². The molecule has 3 aromatic carbocycles. The molecule has 0 saturated heterocycles. The van der Waals surface area contributed by atoms with Gasteiger partial charge < -0.3 is 5.11 Å². The summed E-state index contributed by atoms with van der Waals surface area (Å²) in [6, 6.07) is 23.6. The van der Waals surface area contributed by atoms with Crippen LogP contribution in [-0.2, 0) is 0 Å². The first kappa shape index (κ1) is 17.8. The molecular formula is C23H21ClN2O. The van der Waals surface area contributed by atoms with Crippen LogP contribution in [0, 0.1) is 6.92 Å². The summed E-state index contributed by atoms with van der Waals surface area (Å²) < 4.78 is 0. The topological polar surface area (TPSA) is 44.6 Å². The first-order valence-electron chi connectivity index (χ1n) is 9.03. The third kappa shape index (κ3) is 3.90. The van der Waals surface area contributed by atoms with Crippen molar-refractivity contribution in [2.75, 3.05) is 0 Å². The first-order chi connectivity index (χ1) is 13.1. The molecule has 4 heteroatoms. The van der Waals surface area contributed by atoms with Crippen LogP contribution in [0.2, 0.25) is 5.02 Å². The maximum atomic E-state index is 10.4. The zero-order chi connectivity index (χ0) is 18.8. The number of aryl methyl sites for hydroxylation is 1. The maximum absolute atomic E-state index is 10.4. The van der Waals surface area contributed by atoms with Gasteiger partial charge in [0.2, 0.25) is 0 Å². The Morgan fingerprint density at radius 2 is 1.78 bits per heavy atom. The lowest BCUT2D eigenvalue weighted by molar-refractivity contribution is 0.413. The molecule has 4 rings (SSSR count). The van der Waals surface area contributed by atoms with Gasteiger partial charge in [0, 0.05) is 28.8 Å². The minimum atomic E-state index is -0.224. The van der Waals surface area contributed by atoms with Crippen molar-refractivity contribution in [3.8, 4) is 5.75 Å². The SMILES string of the molecule is Cc1ccc(C2=NC(c3cccc(Cl)c3)NC(c3ccccc3O)C2)cc1. The molecule has 3 aromatic rings. The van der Waals surface area contributed by atoms with Gasteiger partial charge in [-0.1, -0.05) is 71.8 Å². The number of phenolic OH excluding ortho intramolecular Hbond substituents is 1. The van der Waals surface area contributed by atoms with E-state index < -0.39 is 0 Å². The number of benzene rings is 3. The fraction of sp³-hybridized carbons (Fsp3) is 0.174. The molecule has 2 N–H and O–H groups in total. The summed E-state index contributed by atoms with van der Waals surface area (Å²) in [5.74, 6) is 0.296. The van der Waals surface area contributed by atoms with Gasteiger partial charge in [-0.05, 0) is 36.2 Å². The Morgan fingerprint density at radius 3 is 2.52 bits per heavy atom. The van der Waals surface area contributed by atoms with Crippen molar-refractivity contribution in [1.29, 1.82) is 0 Å². The van der Waals surface area contributed by atoms with E-state index in [4.69, 9.17) is 16.6 Å². The van der Waals surface area contributed by atoms with Crippen LogP contribution in [0.4, 0.5) is 0 Å². The monoisotopic (exact) mass is 376 g/mol. The Labute approximate surface area is 164 Å². The summed E-state index contributed by atoms with van der Waals surface area (Å²) >= 11 is 6.20. The highest BCUT2D eigenvalue weighted by molar-refractivity contribution is 6.30. The molecular weight excluding hydrogens is 356 g/mol. The summed E-state index contributed by atoms with van der Waals surface area (Å²) in [6.45, 7) is 2.08. The van der Waals surface area contributed by atoms with Crippen LogP contribution in [-0.4, -0.2) is 10.8 Å². The van der Waals surface area contributed by atoms with Gasteiger partial charge >= 0.3 is 0 Å². The van der Waals surface area contributed by atoms with Crippen molar-refractivity contribution in [1.82, 2.24) is 5.32 Å². The molecule has 1 aliphatic rings. The first-order valence-corrected chi connectivity index (χ1v) is 9.41. The number of rotatable bonds is 3. The minimum Gasteiger partial charge on any atom is -0.508 e. The molecule has 2 atom stereocenters. The van der Waals surface area contributed by atoms with Gasteiger partial charge in [-0.2, -0.15) is 0 Å². The van der Waals surface area contributed by atoms with Crippen molar-refractivity contribution in [3.05, 3.63) is 100 Å². The minimum absolute atomic E-state index is 0.0380. The molecule has 0 aliphatic carbocycles. The Kier molecular flexibility index (Phi) is 4.97. The van der Waals surface area contributed by atoms with Crippen LogP contribution >= 0.6 is 11.6 Å². The Hall–Kier alpha value is -2.62. The fourth-order valence-corrected chi connectivity index (χ4v) is 3.66. The van der Waals surface area contributed by atoms with E-state index in [1.54, 1.807) is 6.07 Å². The number of phenols is 1. The summed E-state index contributed by atoms with van der Waals surface area (Å²) in [4.78, 5) is 4.96. The van der Waals surface area contributed by atoms with Crippen LogP contribution < -0.4 is 5.32 Å². The summed E-state index contributed by atoms with van der Waals surface area (Å²) in [5.41, 5.74) is 5.23. The highest BCUT2D eigenvalue weighted by Crippen LogP contribution is 2.34. The molecule has 1 aliphatic heterocycles. The van der Waals surface area contributed by atoms with Gasteiger partial charge in [-0.25, -0.2) is 0 Å². The number of halogens is 1. The van der Waals surface area contributed by atoms with Gasteiger partial charge in [0.15, 0.2) is 0 Å². The van der Waals surface area contributed by atoms with E-state index in [0.29, 0.717) is 17.2 Å². The van der Waals surface area contributed by atoms with Gasteiger partial charge in [-0.3, -0.25) is 10.3 Å². The quantitative estimate of drug-likeness (QED) is 0.627. The lowest BCUT2D eigenvalue weighted by Gasteiger charge is -2.31. The molecule has 1 heterocycles. The zero-order valence-electron chi connectivity index (χ0n) is 15.1. The van der Waals surface area contributed by atoms with Crippen LogP contribution in [0.15, 0.2) is 77.8 Å². The molecule has 0 fully saturated rings. The zero-order valence-corrected chi connectivity index (χ0v) is 15.8. The van der Waals surface area contributed by atoms with Gasteiger partial charge in [0.1, 0.15) is 11.9 Å². The molecule has 136 valence electrons. The number of hydrogen-bond acceptors (Lipinski definition) is 3. The summed E-state index contributed by atoms with van der Waals surface area (Å²) in [7, 11) is 0. The standard InChI is InChI=1S/C23H21ClN2O/c1-15-9-11-16(12-10-15)20-14-21(19-7-2-3-8-22(19)27)26-23(25-20)17-5-4-6-18(24)13-17/h2-13,21,23,26-27H,14H2,1H3. The van der Waals surface area contributed by atoms with Gasteiger partial charge in [0.05, 0.1) is 0 Å². The summed E-state index contributed by atoms with van der Waals surface area (Å²) in [6.07, 6.45) is 0.482. The molecule has 0 spiro atoms. The van der Waals surface area contributed by atoms with E-state index in [1.807, 2.05) is 42.5 Å². The lowest BCUT2D eigenvalue weighted by atomic mass is 9.93. The van der Waals surface area contributed by atoms with E-state index in [1.165, 1.54) is 5.56 Å². The highest BCUT2D eigenvalue weighted by Gasteiger charge is 2.27. The Bertz CT molecular complexity index is 982. The van der Waals surface area contributed by atoms with Crippen LogP contribution in [0.25, 0.3) is 0 Å². The van der Waals surface area contributed by atoms with E-state index in [2.05, 4.69) is 36.5 Å². The second kappa shape index (κ2) is 7.55. The molecule has 2 unspecified atom stereocenters. The highest BCUT2D eigenvalue weighted by atomic mass is 35.5. The van der Waals surface area contributed by atoms with Crippen molar-refractivity contribution >= 4 is 17.3 Å². The molecule has 27 heavy (non-hydrogen) atoms. The molecule has 0 saturated carbocycles. The number of para-hydroxylation sites is 1. The van der Waals surface area contributed by atoms with Gasteiger partial charge in [0.25, 0.3) is 0 Å². The van der Waals surface area contributed by atoms with E-state index in [0.717, 1.165) is 22.4 Å². The molecule has 0 amide bonds. The van der Waals surface area contributed by atoms with E-state index >= 15 is 0 Å². The van der Waals surface area contributed by atoms with E-state index in [-0.39, 0.29) is 12.2 Å². The predicted molar refractivity (Wildman–Crippen MR) is 111 cm³/mol. The number of nitrogens with zero attached hydrogens (tertiary/aromatic N) is 1. The average Bonchev–Trinajstić information content (AvgIpc) is 2.68. The molecule has 0 radical (unpaired) electrons. The largest absolute Gasteiger partial charge is 0.508 e. The van der Waals surface area contributed by atoms with Crippen molar-refractivity contribution in [2.24, 2.45) is 4.99 Å². The number of hydrogen-bond donors (Lipinski definition) is 2. The van der Waals surface area contributed by atoms with Gasteiger partial charge in [-0.15, -0.1) is 0 Å². The van der Waals surface area contributed by atoms with E-state index in [9.17, 15) is 5.11 Å². The fourth-order valence-electron chi connectivity index (χ4n) is 3.46. The third-order valence-corrected chi connectivity index (χ3v) is 5.14. The average molecular weight is 377 g/mol. The molecule has 3 nitrogen and oxygen atoms in total. The molecule has 0 aromatic heterocycles. The number of aromatic hydroxyl groups is 1. The predicted octanol–water partition coefficient (Wildman–Crippen LogP) is 5.58. The second-order valence-corrected chi connectivity index (χ2v) is 7.32. The third-order valence-electron chi connectivity index (χ3n) is 4.90. The number of aliphatic imine (C=N–C) groups is 1. The maximum Gasteiger partial charge on any atom is 0.126 e. The van der Waals surface area contributed by atoms with Crippen LogP contribution in [0.3, 0.4) is 0 Å². The van der Waals surface area contributed by atoms with Crippen molar-refractivity contribution in [2.45, 2.75) is 25.6 Å². The lowest BCUT2D eigenvalue weighted by Crippen LogP contribution is -2.33. The summed E-state index contributed by atoms with van der Waals surface area (Å²) in [5, 5.41) is 14.6. The Balaban J connectivity index is 1.76. The Morgan fingerprint density at radius 1 is 1.00 bits per heavy atom. The molecule has 0 bridgehead atoms.